The van der Waals surface area contributed by atoms with Crippen molar-refractivity contribution in [1.82, 2.24) is 54.2 Å². The van der Waals surface area contributed by atoms with E-state index >= 15 is 0 Å². The molecule has 0 bridgehead atoms. The van der Waals surface area contributed by atoms with Crippen LogP contribution in [0.2, 0.25) is 0 Å². The number of likely N-dealkylation sites (tertiary alicyclic amines) is 3. The number of carbonyl (C=O) groups is 8. The van der Waals surface area contributed by atoms with Crippen LogP contribution < -0.4 is 4.90 Å². The van der Waals surface area contributed by atoms with Crippen LogP contribution in [0.25, 0.3) is 32.7 Å². The van der Waals surface area contributed by atoms with Gasteiger partial charge in [-0.15, -0.1) is 19.3 Å². The number of pyridine rings is 3. The highest BCUT2D eigenvalue weighted by molar-refractivity contribution is 6.03. The minimum atomic E-state index is -1.03. The average molecular weight is 1960 g/mol. The highest BCUT2D eigenvalue weighted by Crippen LogP contribution is 2.68. The summed E-state index contributed by atoms with van der Waals surface area (Å²) in [6.45, 7) is 22.3. The predicted octanol–water partition coefficient (Wildman–Crippen LogP) is 16.7. The number of amides is 7. The molecule has 0 radical (unpaired) electrons. The van der Waals surface area contributed by atoms with Crippen molar-refractivity contribution in [3.8, 4) is 37.0 Å². The number of hydrogen-bond acceptors (Lipinski definition) is 16. The van der Waals surface area contributed by atoms with E-state index in [9.17, 15) is 53.7 Å². The van der Waals surface area contributed by atoms with Gasteiger partial charge in [0.05, 0.1) is 16.6 Å². The number of carbonyl (C=O) groups excluding carboxylic acids is 8. The lowest BCUT2D eigenvalue weighted by Crippen LogP contribution is -2.55. The van der Waals surface area contributed by atoms with E-state index in [-0.39, 0.29) is 63.4 Å². The molecule has 3 aromatic heterocycles. The fourth-order valence-corrected chi connectivity index (χ4v) is 31.1. The maximum atomic E-state index is 14.1. The summed E-state index contributed by atoms with van der Waals surface area (Å²) in [5.41, 5.74) is 14.4. The summed E-state index contributed by atoms with van der Waals surface area (Å²) < 4.78 is 0. The van der Waals surface area contributed by atoms with E-state index < -0.39 is 34.9 Å². The molecule has 6 aliphatic heterocycles. The minimum Gasteiger partial charge on any atom is -0.377 e. The summed E-state index contributed by atoms with van der Waals surface area (Å²) in [4.78, 5) is 141. The quantitative estimate of drug-likeness (QED) is 0.0802. The lowest BCUT2D eigenvalue weighted by Gasteiger charge is -2.52. The van der Waals surface area contributed by atoms with E-state index in [0.29, 0.717) is 188 Å². The average Bonchev–Trinajstić information content (AvgIpc) is 1.36. The van der Waals surface area contributed by atoms with Gasteiger partial charge >= 0.3 is 0 Å². The summed E-state index contributed by atoms with van der Waals surface area (Å²) >= 11 is 0. The van der Waals surface area contributed by atoms with Gasteiger partial charge in [0.2, 0.25) is 17.7 Å². The zero-order valence-corrected chi connectivity index (χ0v) is 85.8. The number of nitrogens with zero attached hydrogens (tertiary/aromatic N) is 12. The number of hydrogen-bond donors (Lipinski definition) is 3. The number of aryl methyl sites for hydroxylation is 5. The third-order valence-corrected chi connectivity index (χ3v) is 39.6. The third-order valence-electron chi connectivity index (χ3n) is 39.6. The summed E-state index contributed by atoms with van der Waals surface area (Å²) in [5, 5.41) is 37.0. The number of benzene rings is 6. The number of ketones is 1. The Balaban J connectivity index is 0.000000125. The van der Waals surface area contributed by atoms with Crippen molar-refractivity contribution in [1.29, 1.82) is 0 Å². The van der Waals surface area contributed by atoms with Crippen molar-refractivity contribution in [3.05, 3.63) is 224 Å². The van der Waals surface area contributed by atoms with Gasteiger partial charge in [0.15, 0.2) is 5.78 Å². The number of terminal acetylenes is 3. The molecule has 758 valence electrons. The molecule has 146 heavy (non-hydrogen) atoms. The van der Waals surface area contributed by atoms with Crippen LogP contribution in [-0.2, 0) is 40.2 Å². The lowest BCUT2D eigenvalue weighted by atomic mass is 9.53. The molecule has 6 aromatic carbocycles. The van der Waals surface area contributed by atoms with Crippen molar-refractivity contribution >= 4 is 85.5 Å². The van der Waals surface area contributed by atoms with Crippen molar-refractivity contribution in [3.63, 3.8) is 0 Å². The monoisotopic (exact) mass is 1960 g/mol. The second-order valence-corrected chi connectivity index (χ2v) is 46.4. The van der Waals surface area contributed by atoms with Gasteiger partial charge in [-0.1, -0.05) is 130 Å². The largest absolute Gasteiger partial charge is 0.377 e. The summed E-state index contributed by atoms with van der Waals surface area (Å²) in [6, 6.07) is 46.7. The highest BCUT2D eigenvalue weighted by Gasteiger charge is 2.65. The van der Waals surface area contributed by atoms with Gasteiger partial charge in [-0.2, -0.15) is 0 Å². The zero-order valence-electron chi connectivity index (χ0n) is 85.8. The van der Waals surface area contributed by atoms with E-state index in [1.54, 1.807) is 39.8 Å². The van der Waals surface area contributed by atoms with Crippen molar-refractivity contribution in [2.24, 2.45) is 51.8 Å². The summed E-state index contributed by atoms with van der Waals surface area (Å²) in [7, 11) is 0. The van der Waals surface area contributed by atoms with Crippen LogP contribution in [-0.4, -0.2) is 250 Å². The molecule has 0 unspecified atom stereocenters. The van der Waals surface area contributed by atoms with Gasteiger partial charge in [0, 0.05) is 154 Å². The molecule has 6 saturated carbocycles. The Kier molecular flexibility index (Phi) is 26.2. The number of aromatic nitrogens is 3. The SMILES string of the molecule is C#C[C@]1(O)CC[C@H]2[C@@H]3CCc4cc(C(C)=O)c(N5CCN(C(=O)[C@@H]6CCCN6C(=O)c6ccc7ccccc7n6)CC5)cc4[C@H]3CC[C@@]21C.C#C[C@]1(O)CC[C@H]2[C@@H]3CCc4cc(C)c(C(=O)N5CCN(C(=O)[C@@H]6CCCN6C(=O)c6ccc7ccccc7n6)CC5)cc4[C@H]3CC[C@@]21C.C#C[C@]1(O)CC[C@H]2[C@@H]3CCc4cc(C)c(CN5CCN(C(=O)[C@@H]6CCCN6C(=O)c6ccc7ccccc7n6)CC5)cc4[C@H]3CC[C@@]21C. The van der Waals surface area contributed by atoms with Crippen LogP contribution in [0.4, 0.5) is 5.69 Å². The van der Waals surface area contributed by atoms with E-state index in [0.717, 1.165) is 190 Å². The molecule has 18 atom stereocenters. The Morgan fingerprint density at radius 2 is 0.712 bits per heavy atom. The van der Waals surface area contributed by atoms with Gasteiger partial charge in [0.1, 0.15) is 52.0 Å². The van der Waals surface area contributed by atoms with Gasteiger partial charge < -0.3 is 54.5 Å². The Labute approximate surface area is 858 Å². The maximum absolute atomic E-state index is 14.1. The molecule has 0 spiro atoms. The van der Waals surface area contributed by atoms with E-state index in [1.807, 2.05) is 118 Å². The van der Waals surface area contributed by atoms with Gasteiger partial charge in [-0.05, 0) is 333 Å². The smallest absolute Gasteiger partial charge is 0.273 e. The molecule has 9 aliphatic carbocycles. The molecular formula is C123H140N12O11. The normalized spacial score (nSPS) is 31.1. The number of rotatable bonds is 11. The maximum Gasteiger partial charge on any atom is 0.273 e. The number of fused-ring (bicyclic) bond motifs is 18. The van der Waals surface area contributed by atoms with Crippen LogP contribution in [0.5, 0.6) is 0 Å². The first-order valence-electron chi connectivity index (χ1n) is 54.6. The van der Waals surface area contributed by atoms with E-state index in [2.05, 4.69) is 107 Å². The number of para-hydroxylation sites is 3. The van der Waals surface area contributed by atoms with E-state index in [1.165, 1.54) is 50.9 Å². The molecule has 23 heteroatoms. The Morgan fingerprint density at radius 1 is 0.363 bits per heavy atom. The Bertz CT molecular complexity index is 6870. The van der Waals surface area contributed by atoms with Gasteiger partial charge in [-0.25, -0.2) is 15.0 Å². The van der Waals surface area contributed by atoms with Crippen LogP contribution in [0, 0.1) is 103 Å². The molecule has 6 saturated heterocycles. The molecule has 23 nitrogen and oxygen atoms in total. The molecule has 3 N–H and O–H groups in total. The zero-order chi connectivity index (χ0) is 101. The second kappa shape index (κ2) is 38.8. The molecule has 15 aliphatic rings. The van der Waals surface area contributed by atoms with Crippen molar-refractivity contribution < 1.29 is 53.7 Å². The summed E-state index contributed by atoms with van der Waals surface area (Å²) in [5.74, 6) is 12.0. The first-order valence-corrected chi connectivity index (χ1v) is 54.6. The Morgan fingerprint density at radius 3 is 1.10 bits per heavy atom. The molecule has 24 rings (SSSR count). The third kappa shape index (κ3) is 17.0. The molecular weight excluding hydrogens is 1820 g/mol. The van der Waals surface area contributed by atoms with Crippen LogP contribution in [0.15, 0.2) is 146 Å². The standard InChI is InChI=1S/2C41H46N4O4.C41H48N4O3/c1-4-41(49)18-16-33-30-13-11-28-24-31(26(2)46)37(25-32(28)29(30)15-17-40(33,41)3)43-20-22-44(23-21-43)39(48)36-10-7-19-45(36)38(47)35-14-12-27-8-5-6-9-34(27)42-35;1-4-41(49)18-16-33-30-13-11-28-24-26(2)31(25-32(28)29(30)15-17-40(33,41)3)37(46)43-20-22-44(23-21-43)39(48)36-10-7-19-45(36)38(47)35-14-12-27-8-5-6-9-34(27)42-35;1-4-41(48)18-16-34-32-13-11-29-24-27(2)30(25-33(29)31(32)15-17-40(34,41)3)26-43-20-22-44(23-21-43)39(47)37-10-7-19-45(37)38(46)36-14-12-28-8-5-6-9-35(28)42-36/h2*1,5-6,8-9,12,14,24-25,29-30,33,36,49H,7,10-11,13,15-23H2,2-3H3;1,5-6,8-9,12,14,24-25,31-32,34,37,48H,7,10-11,13,15-23,26H2,2-3H3/t2*29-,30+,33-,36-,40-,41-;31-,32+,34-,37-,40-,41-/m000/s1. The topological polar surface area (TPSA) is 265 Å². The van der Waals surface area contributed by atoms with Crippen molar-refractivity contribution in [2.45, 2.75) is 255 Å². The minimum absolute atomic E-state index is 0.000102. The molecule has 9 heterocycles. The first-order chi connectivity index (χ1) is 70.4. The highest BCUT2D eigenvalue weighted by atomic mass is 16.3. The number of anilines is 1. The fraction of sp³-hybridized carbons (Fsp3) is 0.520. The van der Waals surface area contributed by atoms with Crippen LogP contribution in [0.3, 0.4) is 0 Å². The number of piperazine rings is 3. The molecule has 9 aromatic rings. The first kappa shape index (κ1) is 98.5. The van der Waals surface area contributed by atoms with Crippen LogP contribution >= 0.6 is 0 Å². The second-order valence-electron chi connectivity index (χ2n) is 46.4. The fourth-order valence-electron chi connectivity index (χ4n) is 31.1. The van der Waals surface area contributed by atoms with Gasteiger partial charge in [-0.3, -0.25) is 43.3 Å². The Hall–Kier alpha value is -12.2. The molecule has 7 amide bonds. The molecule has 12 fully saturated rings. The van der Waals surface area contributed by atoms with Crippen molar-refractivity contribution in [2.75, 3.05) is 103 Å². The van der Waals surface area contributed by atoms with Gasteiger partial charge in [0.25, 0.3) is 23.6 Å². The lowest BCUT2D eigenvalue weighted by molar-refractivity contribution is -0.137. The predicted molar refractivity (Wildman–Crippen MR) is 565 cm³/mol. The van der Waals surface area contributed by atoms with Crippen LogP contribution in [0.1, 0.15) is 283 Å². The summed E-state index contributed by atoms with van der Waals surface area (Å²) in [6.07, 6.45) is 39.3. The number of Topliss-reactive ketones (excluding diaryl/α,β-unsaturated/α-hetero) is 1. The number of aliphatic hydroxyl groups is 3. The van der Waals surface area contributed by atoms with E-state index in [4.69, 9.17) is 19.3 Å².